The van der Waals surface area contributed by atoms with Gasteiger partial charge in [-0.1, -0.05) is 30.5 Å². The third kappa shape index (κ3) is 10.0. The number of benzene rings is 1. The Kier molecular flexibility index (Phi) is 11.7. The predicted octanol–water partition coefficient (Wildman–Crippen LogP) is 4.99. The van der Waals surface area contributed by atoms with Crippen LogP contribution in [0.25, 0.3) is 10.9 Å². The minimum Gasteiger partial charge on any atom is -0.373 e. The molecule has 1 fully saturated rings. The quantitative estimate of drug-likeness (QED) is 0.225. The highest BCUT2D eigenvalue weighted by Crippen LogP contribution is 2.26. The lowest BCUT2D eigenvalue weighted by Gasteiger charge is -2.29. The molecule has 0 spiro atoms. The maximum Gasteiger partial charge on any atom is 0.406 e. The van der Waals surface area contributed by atoms with Gasteiger partial charge >= 0.3 is 6.18 Å². The first kappa shape index (κ1) is 31.3. The molecule has 11 heteroatoms. The van der Waals surface area contributed by atoms with E-state index in [1.807, 2.05) is 12.1 Å². The average molecular weight is 577 g/mol. The van der Waals surface area contributed by atoms with Crippen LogP contribution in [0.5, 0.6) is 0 Å². The summed E-state index contributed by atoms with van der Waals surface area (Å²) in [4.78, 5) is 18.7. The molecule has 40 heavy (non-hydrogen) atoms. The third-order valence-electron chi connectivity index (χ3n) is 6.53. The lowest BCUT2D eigenvalue weighted by Crippen LogP contribution is -2.41. The number of carbonyl (C=O) groups is 1. The van der Waals surface area contributed by atoms with Crippen LogP contribution in [-0.2, 0) is 17.9 Å². The lowest BCUT2D eigenvalue weighted by molar-refractivity contribution is -0.140. The summed E-state index contributed by atoms with van der Waals surface area (Å²) in [5.74, 6) is 5.77. The van der Waals surface area contributed by atoms with Crippen LogP contribution < -0.4 is 10.6 Å². The molecule has 1 aliphatic rings. The van der Waals surface area contributed by atoms with Crippen molar-refractivity contribution >= 4 is 34.6 Å². The van der Waals surface area contributed by atoms with E-state index in [0.717, 1.165) is 44.4 Å². The number of rotatable bonds is 8. The van der Waals surface area contributed by atoms with Gasteiger partial charge < -0.3 is 25.0 Å². The van der Waals surface area contributed by atoms with Gasteiger partial charge in [0.15, 0.2) is 0 Å². The molecule has 2 N–H and O–H groups in total. The topological polar surface area (TPSA) is 65.4 Å². The highest BCUT2D eigenvalue weighted by atomic mass is 35.5. The number of carbonyl (C=O) groups excluding carboxylic acids is 1. The maximum absolute atomic E-state index is 13.3. The second-order valence-corrected chi connectivity index (χ2v) is 10.2. The van der Waals surface area contributed by atoms with Crippen molar-refractivity contribution in [3.8, 4) is 11.8 Å². The fourth-order valence-electron chi connectivity index (χ4n) is 4.12. The van der Waals surface area contributed by atoms with E-state index >= 15 is 0 Å². The Morgan fingerprint density at radius 1 is 1.18 bits per heavy atom. The number of aromatic nitrogens is 2. The molecule has 216 valence electrons. The number of alkyl halides is 3. The molecule has 1 aliphatic heterocycles. The van der Waals surface area contributed by atoms with E-state index in [2.05, 4.69) is 53.4 Å². The molecule has 7 nitrogen and oxygen atoms in total. The zero-order valence-electron chi connectivity index (χ0n) is 23.1. The van der Waals surface area contributed by atoms with E-state index in [9.17, 15) is 18.0 Å². The molecule has 0 aliphatic carbocycles. The number of amides is 1. The first-order chi connectivity index (χ1) is 19.1. The summed E-state index contributed by atoms with van der Waals surface area (Å²) in [7, 11) is 4.11. The van der Waals surface area contributed by atoms with E-state index in [0.29, 0.717) is 40.0 Å². The molecule has 3 aromatic rings. The monoisotopic (exact) mass is 576 g/mol. The standard InChI is InChI=1S/C25H25ClF3N5O.C4H11N/c26-24-6-4-21(15-32-24)30-9-1-2-22-13-19-12-18(3-5-23(19)34(22)16-25(27,28)29)14-31-20-7-10-33(17-35)11-8-20;1-4-5(2)3/h3-6,12-13,15,17,20,30-31H,7-11,14,16H2;4H2,1-3H3. The minimum atomic E-state index is -4.37. The number of fused-ring (bicyclic) bond motifs is 1. The summed E-state index contributed by atoms with van der Waals surface area (Å²) in [6.45, 7) is 4.46. The lowest BCUT2D eigenvalue weighted by atomic mass is 10.0. The van der Waals surface area contributed by atoms with Crippen LogP contribution in [0.4, 0.5) is 18.9 Å². The Labute approximate surface area is 238 Å². The zero-order valence-corrected chi connectivity index (χ0v) is 23.8. The minimum absolute atomic E-state index is 0.245. The average Bonchev–Trinajstić information content (AvgIpc) is 3.26. The van der Waals surface area contributed by atoms with Crippen molar-refractivity contribution in [1.82, 2.24) is 24.7 Å². The Hall–Kier alpha value is -3.26. The smallest absolute Gasteiger partial charge is 0.373 e. The summed E-state index contributed by atoms with van der Waals surface area (Å²) in [6, 6.07) is 10.9. The SMILES string of the molecule is CCN(C)C.O=CN1CCC(NCc2ccc3c(c2)cc(C#CCNc2ccc(Cl)nc2)n3CC(F)(F)F)CC1. The van der Waals surface area contributed by atoms with Crippen LogP contribution in [0.15, 0.2) is 42.6 Å². The van der Waals surface area contributed by atoms with E-state index in [1.165, 1.54) is 4.57 Å². The molecule has 0 saturated carbocycles. The van der Waals surface area contributed by atoms with Crippen LogP contribution >= 0.6 is 11.6 Å². The first-order valence-corrected chi connectivity index (χ1v) is 13.6. The van der Waals surface area contributed by atoms with Crippen molar-refractivity contribution in [2.75, 3.05) is 45.6 Å². The molecule has 0 bridgehead atoms. The molecule has 1 aromatic carbocycles. The van der Waals surface area contributed by atoms with Gasteiger partial charge in [-0.05, 0) is 75.3 Å². The number of halogens is 4. The molecule has 4 rings (SSSR count). The summed E-state index contributed by atoms with van der Waals surface area (Å²) in [5, 5.41) is 7.62. The van der Waals surface area contributed by atoms with Gasteiger partial charge in [-0.2, -0.15) is 13.2 Å². The molecule has 0 radical (unpaired) electrons. The Bertz CT molecular complexity index is 1290. The fraction of sp³-hybridized carbons (Fsp3) is 0.448. The van der Waals surface area contributed by atoms with Gasteiger partial charge in [0.05, 0.1) is 24.1 Å². The zero-order chi connectivity index (χ0) is 29.1. The number of hydrogen-bond acceptors (Lipinski definition) is 5. The summed E-state index contributed by atoms with van der Waals surface area (Å²) in [5.41, 5.74) is 2.49. The van der Waals surface area contributed by atoms with Gasteiger partial charge in [0.1, 0.15) is 11.7 Å². The van der Waals surface area contributed by atoms with E-state index in [1.54, 1.807) is 35.4 Å². The van der Waals surface area contributed by atoms with Crippen molar-refractivity contribution in [1.29, 1.82) is 0 Å². The van der Waals surface area contributed by atoms with Crippen molar-refractivity contribution in [2.45, 2.75) is 45.1 Å². The van der Waals surface area contributed by atoms with E-state index in [4.69, 9.17) is 11.6 Å². The fourth-order valence-corrected chi connectivity index (χ4v) is 4.23. The molecule has 1 saturated heterocycles. The van der Waals surface area contributed by atoms with Crippen LogP contribution in [0, 0.1) is 11.8 Å². The van der Waals surface area contributed by atoms with Crippen molar-refractivity contribution in [2.24, 2.45) is 0 Å². The van der Waals surface area contributed by atoms with Crippen molar-refractivity contribution < 1.29 is 18.0 Å². The number of pyridine rings is 1. The molecule has 0 atom stereocenters. The highest BCUT2D eigenvalue weighted by molar-refractivity contribution is 6.29. The third-order valence-corrected chi connectivity index (χ3v) is 6.76. The molecule has 1 amide bonds. The van der Waals surface area contributed by atoms with Crippen LogP contribution in [0.2, 0.25) is 5.15 Å². The number of anilines is 1. The summed E-state index contributed by atoms with van der Waals surface area (Å²) >= 11 is 5.76. The molecule has 2 aromatic heterocycles. The number of likely N-dealkylation sites (tertiary alicyclic amines) is 1. The molecule has 3 heterocycles. The van der Waals surface area contributed by atoms with Gasteiger partial charge in [0, 0.05) is 36.6 Å². The van der Waals surface area contributed by atoms with Gasteiger partial charge in [-0.3, -0.25) is 4.79 Å². The molecular formula is C29H36ClF3N6O. The van der Waals surface area contributed by atoms with E-state index < -0.39 is 12.7 Å². The van der Waals surface area contributed by atoms with Crippen LogP contribution in [0.1, 0.15) is 31.0 Å². The van der Waals surface area contributed by atoms with Crippen molar-refractivity contribution in [3.63, 3.8) is 0 Å². The highest BCUT2D eigenvalue weighted by Gasteiger charge is 2.29. The second-order valence-electron chi connectivity index (χ2n) is 9.84. The van der Waals surface area contributed by atoms with Crippen molar-refractivity contribution in [3.05, 3.63) is 59.0 Å². The Morgan fingerprint density at radius 3 is 2.50 bits per heavy atom. The van der Waals surface area contributed by atoms with Crippen LogP contribution in [-0.4, -0.2) is 78.3 Å². The normalized spacial score (nSPS) is 13.9. The van der Waals surface area contributed by atoms with Gasteiger partial charge in [0.25, 0.3) is 0 Å². The van der Waals surface area contributed by atoms with Gasteiger partial charge in [0.2, 0.25) is 6.41 Å². The Balaban J connectivity index is 0.000000810. The largest absolute Gasteiger partial charge is 0.406 e. The Morgan fingerprint density at radius 2 is 1.90 bits per heavy atom. The van der Waals surface area contributed by atoms with Crippen LogP contribution in [0.3, 0.4) is 0 Å². The van der Waals surface area contributed by atoms with Gasteiger partial charge in [-0.15, -0.1) is 0 Å². The predicted molar refractivity (Wildman–Crippen MR) is 154 cm³/mol. The molecular weight excluding hydrogens is 541 g/mol. The summed E-state index contributed by atoms with van der Waals surface area (Å²) < 4.78 is 41.1. The summed E-state index contributed by atoms with van der Waals surface area (Å²) in [6.07, 6.45) is -0.176. The maximum atomic E-state index is 13.3. The second kappa shape index (κ2) is 14.9. The number of hydrogen-bond donors (Lipinski definition) is 2. The first-order valence-electron chi connectivity index (χ1n) is 13.2. The van der Waals surface area contributed by atoms with Gasteiger partial charge in [-0.25, -0.2) is 4.98 Å². The van der Waals surface area contributed by atoms with E-state index in [-0.39, 0.29) is 6.54 Å². The number of nitrogens with zero attached hydrogens (tertiary/aromatic N) is 4. The molecule has 0 unspecified atom stereocenters. The number of nitrogens with one attached hydrogen (secondary N) is 2. The number of piperidine rings is 1.